The van der Waals surface area contributed by atoms with Gasteiger partial charge in [0, 0.05) is 21.7 Å². The van der Waals surface area contributed by atoms with Crippen molar-refractivity contribution in [2.75, 3.05) is 0 Å². The van der Waals surface area contributed by atoms with Gasteiger partial charge < -0.3 is 0 Å². The predicted molar refractivity (Wildman–Crippen MR) is 213 cm³/mol. The summed E-state index contributed by atoms with van der Waals surface area (Å²) < 4.78 is 2.26. The summed E-state index contributed by atoms with van der Waals surface area (Å²) >= 11 is 0. The Hall–Kier alpha value is -6.84. The first kappa shape index (κ1) is 29.1. The summed E-state index contributed by atoms with van der Waals surface area (Å²) in [6.45, 7) is 0. The minimum Gasteiger partial charge on any atom is -0.278 e. The molecule has 3 heteroatoms. The average molecular weight is 650 g/mol. The molecule has 0 unspecified atom stereocenters. The van der Waals surface area contributed by atoms with Crippen molar-refractivity contribution < 1.29 is 0 Å². The molecule has 0 saturated heterocycles. The zero-order valence-corrected chi connectivity index (χ0v) is 27.7. The molecule has 0 aliphatic heterocycles. The van der Waals surface area contributed by atoms with Gasteiger partial charge in [0.1, 0.15) is 0 Å². The standard InChI is InChI=1S/C48H31N3/c1-3-12-32(13-4-1)34-22-24-35(25-23-34)37-17-11-18-39(30-37)47-41-20-9-10-21-43(41)49-48(50-47)51-44-29-27-36-16-7-8-19-40(36)46(44)42-28-26-38(31-45(42)51)33-14-5-2-6-15-33/h1-31H. The molecule has 8 aromatic carbocycles. The zero-order chi connectivity index (χ0) is 33.7. The predicted octanol–water partition coefficient (Wildman–Crippen LogP) is 12.5. The molecule has 0 spiro atoms. The quantitative estimate of drug-likeness (QED) is 0.186. The van der Waals surface area contributed by atoms with Crippen LogP contribution in [-0.2, 0) is 0 Å². The van der Waals surface area contributed by atoms with Gasteiger partial charge in [-0.2, -0.15) is 0 Å². The smallest absolute Gasteiger partial charge is 0.235 e. The Kier molecular flexibility index (Phi) is 6.81. The highest BCUT2D eigenvalue weighted by Gasteiger charge is 2.19. The van der Waals surface area contributed by atoms with E-state index in [1.807, 2.05) is 0 Å². The van der Waals surface area contributed by atoms with Gasteiger partial charge >= 0.3 is 0 Å². The molecule has 0 radical (unpaired) electrons. The first-order valence-corrected chi connectivity index (χ1v) is 17.3. The van der Waals surface area contributed by atoms with Crippen molar-refractivity contribution in [3.05, 3.63) is 188 Å². The van der Waals surface area contributed by atoms with Gasteiger partial charge in [-0.1, -0.05) is 164 Å². The molecule has 2 heterocycles. The van der Waals surface area contributed by atoms with Gasteiger partial charge in [-0.25, -0.2) is 9.97 Å². The first-order chi connectivity index (χ1) is 25.3. The Morgan fingerprint density at radius 1 is 0.333 bits per heavy atom. The second kappa shape index (κ2) is 11.9. The van der Waals surface area contributed by atoms with Crippen molar-refractivity contribution in [1.82, 2.24) is 14.5 Å². The fourth-order valence-corrected chi connectivity index (χ4v) is 7.53. The Balaban J connectivity index is 1.19. The summed E-state index contributed by atoms with van der Waals surface area (Å²) in [7, 11) is 0. The number of fused-ring (bicyclic) bond motifs is 6. The third kappa shape index (κ3) is 4.98. The van der Waals surface area contributed by atoms with Crippen LogP contribution in [0.25, 0.3) is 94.1 Å². The van der Waals surface area contributed by atoms with Crippen LogP contribution in [0.2, 0.25) is 0 Å². The molecule has 10 aromatic rings. The van der Waals surface area contributed by atoms with Gasteiger partial charge in [0.15, 0.2) is 0 Å². The van der Waals surface area contributed by atoms with Crippen molar-refractivity contribution in [1.29, 1.82) is 0 Å². The van der Waals surface area contributed by atoms with E-state index in [2.05, 4.69) is 193 Å². The number of benzene rings is 8. The van der Waals surface area contributed by atoms with E-state index in [4.69, 9.17) is 9.97 Å². The van der Waals surface area contributed by atoms with Gasteiger partial charge in [0.05, 0.1) is 22.2 Å². The molecule has 0 amide bonds. The summed E-state index contributed by atoms with van der Waals surface area (Å²) in [6.07, 6.45) is 0. The van der Waals surface area contributed by atoms with Crippen LogP contribution >= 0.6 is 0 Å². The molecule has 238 valence electrons. The highest BCUT2D eigenvalue weighted by molar-refractivity contribution is 6.21. The molecule has 10 rings (SSSR count). The number of rotatable bonds is 5. The maximum Gasteiger partial charge on any atom is 0.235 e. The van der Waals surface area contributed by atoms with E-state index in [1.165, 1.54) is 38.2 Å². The van der Waals surface area contributed by atoms with E-state index in [0.29, 0.717) is 5.95 Å². The molecule has 0 bridgehead atoms. The van der Waals surface area contributed by atoms with Crippen molar-refractivity contribution in [2.45, 2.75) is 0 Å². The van der Waals surface area contributed by atoms with Gasteiger partial charge in [-0.05, 0) is 68.4 Å². The second-order valence-corrected chi connectivity index (χ2v) is 13.0. The number of hydrogen-bond donors (Lipinski definition) is 0. The molecular weight excluding hydrogens is 619 g/mol. The van der Waals surface area contributed by atoms with Gasteiger partial charge in [-0.15, -0.1) is 0 Å². The highest BCUT2D eigenvalue weighted by Crippen LogP contribution is 2.39. The summed E-state index contributed by atoms with van der Waals surface area (Å²) in [5.74, 6) is 0.654. The maximum absolute atomic E-state index is 5.44. The molecule has 51 heavy (non-hydrogen) atoms. The summed E-state index contributed by atoms with van der Waals surface area (Å²) in [5, 5.41) is 5.85. The van der Waals surface area contributed by atoms with Gasteiger partial charge in [-0.3, -0.25) is 4.57 Å². The van der Waals surface area contributed by atoms with E-state index in [9.17, 15) is 0 Å². The lowest BCUT2D eigenvalue weighted by Gasteiger charge is -2.13. The van der Waals surface area contributed by atoms with Crippen LogP contribution in [0.1, 0.15) is 0 Å². The molecule has 0 atom stereocenters. The fraction of sp³-hybridized carbons (Fsp3) is 0. The molecule has 0 N–H and O–H groups in total. The lowest BCUT2D eigenvalue weighted by atomic mass is 9.97. The molecule has 3 nitrogen and oxygen atoms in total. The number of nitrogens with zero attached hydrogens (tertiary/aromatic N) is 3. The first-order valence-electron chi connectivity index (χ1n) is 17.3. The Morgan fingerprint density at radius 3 is 1.69 bits per heavy atom. The Bertz CT molecular complexity index is 2890. The third-order valence-corrected chi connectivity index (χ3v) is 10.0. The maximum atomic E-state index is 5.44. The number of hydrogen-bond acceptors (Lipinski definition) is 2. The summed E-state index contributed by atoms with van der Waals surface area (Å²) in [5.41, 5.74) is 12.1. The Morgan fingerprint density at radius 2 is 0.902 bits per heavy atom. The van der Waals surface area contributed by atoms with Crippen LogP contribution in [0.3, 0.4) is 0 Å². The summed E-state index contributed by atoms with van der Waals surface area (Å²) in [6, 6.07) is 66.8. The van der Waals surface area contributed by atoms with Crippen molar-refractivity contribution in [2.24, 2.45) is 0 Å². The largest absolute Gasteiger partial charge is 0.278 e. The summed E-state index contributed by atoms with van der Waals surface area (Å²) in [4.78, 5) is 10.7. The molecule has 2 aromatic heterocycles. The van der Waals surface area contributed by atoms with Crippen molar-refractivity contribution in [3.63, 3.8) is 0 Å². The van der Waals surface area contributed by atoms with Crippen LogP contribution in [0.4, 0.5) is 0 Å². The lowest BCUT2D eigenvalue weighted by Crippen LogP contribution is -2.03. The molecule has 0 aliphatic rings. The second-order valence-electron chi connectivity index (χ2n) is 13.0. The number of para-hydroxylation sites is 1. The van der Waals surface area contributed by atoms with Crippen molar-refractivity contribution in [3.8, 4) is 50.6 Å². The van der Waals surface area contributed by atoms with E-state index < -0.39 is 0 Å². The molecule has 0 aliphatic carbocycles. The van der Waals surface area contributed by atoms with E-state index in [1.54, 1.807) is 0 Å². The van der Waals surface area contributed by atoms with Crippen LogP contribution in [0, 0.1) is 0 Å². The molecule has 0 saturated carbocycles. The number of aromatic nitrogens is 3. The molecule has 0 fully saturated rings. The topological polar surface area (TPSA) is 30.7 Å². The zero-order valence-electron chi connectivity index (χ0n) is 27.7. The SMILES string of the molecule is c1ccc(-c2ccc(-c3cccc(-c4nc(-n5c6cc(-c7ccccc7)ccc6c6c7ccccc7ccc65)nc5ccccc45)c3)cc2)cc1. The van der Waals surface area contributed by atoms with Crippen molar-refractivity contribution >= 4 is 43.5 Å². The Labute approximate surface area is 295 Å². The normalized spacial score (nSPS) is 11.5. The van der Waals surface area contributed by atoms with Gasteiger partial charge in [0.2, 0.25) is 5.95 Å². The van der Waals surface area contributed by atoms with E-state index in [0.717, 1.165) is 49.9 Å². The van der Waals surface area contributed by atoms with Crippen LogP contribution in [-0.4, -0.2) is 14.5 Å². The van der Waals surface area contributed by atoms with Crippen LogP contribution in [0.15, 0.2) is 188 Å². The van der Waals surface area contributed by atoms with Gasteiger partial charge in [0.25, 0.3) is 0 Å². The third-order valence-electron chi connectivity index (χ3n) is 10.0. The molecular formula is C48H31N3. The van der Waals surface area contributed by atoms with Crippen LogP contribution in [0.5, 0.6) is 0 Å². The van der Waals surface area contributed by atoms with E-state index in [-0.39, 0.29) is 0 Å². The van der Waals surface area contributed by atoms with E-state index >= 15 is 0 Å². The monoisotopic (exact) mass is 649 g/mol. The minimum atomic E-state index is 0.654. The van der Waals surface area contributed by atoms with Crippen LogP contribution < -0.4 is 0 Å². The fourth-order valence-electron chi connectivity index (χ4n) is 7.53. The average Bonchev–Trinajstić information content (AvgIpc) is 3.55. The minimum absolute atomic E-state index is 0.654. The lowest BCUT2D eigenvalue weighted by molar-refractivity contribution is 1.01. The highest BCUT2D eigenvalue weighted by atomic mass is 15.2.